The van der Waals surface area contributed by atoms with Crippen molar-refractivity contribution in [2.24, 2.45) is 0 Å². The summed E-state index contributed by atoms with van der Waals surface area (Å²) in [6.07, 6.45) is 1.57. The first-order valence-corrected chi connectivity index (χ1v) is 2.46. The Labute approximate surface area is 51.5 Å². The lowest BCUT2D eigenvalue weighted by atomic mass is 10.6. The highest BCUT2D eigenvalue weighted by atomic mass is 35.5. The van der Waals surface area contributed by atoms with Crippen LogP contribution in [0.2, 0.25) is 0 Å². The van der Waals surface area contributed by atoms with E-state index in [1.165, 1.54) is 0 Å². The van der Waals surface area contributed by atoms with E-state index in [1.807, 2.05) is 0 Å². The molecule has 0 saturated carbocycles. The molecule has 0 aromatic heterocycles. The summed E-state index contributed by atoms with van der Waals surface area (Å²) in [6.45, 7) is 0. The summed E-state index contributed by atoms with van der Waals surface area (Å²) in [5.74, 6) is 0. The van der Waals surface area contributed by atoms with Gasteiger partial charge in [-0.05, 0) is 0 Å². The molecule has 1 aliphatic heterocycles. The van der Waals surface area contributed by atoms with Gasteiger partial charge in [-0.2, -0.15) is 0 Å². The molecule has 2 nitrogen and oxygen atoms in total. The summed E-state index contributed by atoms with van der Waals surface area (Å²) in [6, 6.07) is 0. The van der Waals surface area contributed by atoms with Crippen LogP contribution in [0.1, 0.15) is 0 Å². The van der Waals surface area contributed by atoms with Crippen LogP contribution < -0.4 is 10.9 Å². The molecule has 0 amide bonds. The van der Waals surface area contributed by atoms with Gasteiger partial charge in [0.05, 0.1) is 5.03 Å². The van der Waals surface area contributed by atoms with E-state index in [2.05, 4.69) is 10.9 Å². The van der Waals surface area contributed by atoms with E-state index in [4.69, 9.17) is 23.2 Å². The van der Waals surface area contributed by atoms with Gasteiger partial charge >= 0.3 is 0 Å². The van der Waals surface area contributed by atoms with Gasteiger partial charge in [0.2, 0.25) is 0 Å². The first-order chi connectivity index (χ1) is 3.30. The molecule has 2 N–H and O–H groups in total. The molecule has 1 radical (unpaired) electrons. The van der Waals surface area contributed by atoms with Gasteiger partial charge in [0.15, 0.2) is 5.50 Å². The predicted molar refractivity (Wildman–Crippen MR) is 29.3 cm³/mol. The topological polar surface area (TPSA) is 24.1 Å². The van der Waals surface area contributed by atoms with E-state index >= 15 is 0 Å². The Bertz CT molecular complexity index is 101. The van der Waals surface area contributed by atoms with Crippen LogP contribution in [0.15, 0.2) is 11.2 Å². The minimum Gasteiger partial charge on any atom is -0.325 e. The molecular weight excluding hydrogens is 135 g/mol. The van der Waals surface area contributed by atoms with Crippen molar-refractivity contribution in [2.45, 2.75) is 0 Å². The number of hydrogen-bond donors (Lipinski definition) is 2. The normalized spacial score (nSPS) is 21.7. The van der Waals surface area contributed by atoms with Crippen molar-refractivity contribution in [2.75, 3.05) is 0 Å². The standard InChI is InChI=1S/C3H3Cl2N2/c4-2-1-6-7-3(2)5/h1,6-7H. The highest BCUT2D eigenvalue weighted by Crippen LogP contribution is 2.20. The predicted octanol–water partition coefficient (Wildman–Crippen LogP) is 0.903. The third kappa shape index (κ3) is 0.996. The fraction of sp³-hybridized carbons (Fsp3) is 0. The summed E-state index contributed by atoms with van der Waals surface area (Å²) in [4.78, 5) is 0. The van der Waals surface area contributed by atoms with Gasteiger partial charge in [0, 0.05) is 6.20 Å². The molecule has 0 spiro atoms. The molecule has 0 fully saturated rings. The van der Waals surface area contributed by atoms with Crippen molar-refractivity contribution in [3.63, 3.8) is 0 Å². The third-order valence-electron chi connectivity index (χ3n) is 0.590. The second-order valence-corrected chi connectivity index (χ2v) is 1.86. The largest absolute Gasteiger partial charge is 0.325 e. The Morgan fingerprint density at radius 1 is 1.43 bits per heavy atom. The Balaban J connectivity index is 2.54. The second-order valence-electron chi connectivity index (χ2n) is 1.08. The fourth-order valence-corrected chi connectivity index (χ4v) is 0.497. The molecule has 39 valence electrons. The summed E-state index contributed by atoms with van der Waals surface area (Å²) >= 11 is 10.8. The first-order valence-electron chi connectivity index (χ1n) is 1.71. The Hall–Kier alpha value is 0.0800. The maximum absolute atomic E-state index is 5.43. The van der Waals surface area contributed by atoms with Gasteiger partial charge in [0.1, 0.15) is 0 Å². The smallest absolute Gasteiger partial charge is 0.186 e. The molecular formula is C3H3Cl2N2. The Morgan fingerprint density at radius 3 is 2.29 bits per heavy atom. The van der Waals surface area contributed by atoms with Gasteiger partial charge in [-0.15, -0.1) is 0 Å². The van der Waals surface area contributed by atoms with E-state index in [1.54, 1.807) is 6.20 Å². The number of rotatable bonds is 0. The van der Waals surface area contributed by atoms with Crippen LogP contribution in [-0.4, -0.2) is 0 Å². The van der Waals surface area contributed by atoms with E-state index in [0.29, 0.717) is 10.5 Å². The summed E-state index contributed by atoms with van der Waals surface area (Å²) in [5.41, 5.74) is 5.63. The lowest BCUT2D eigenvalue weighted by molar-refractivity contribution is 0.762. The van der Waals surface area contributed by atoms with Crippen molar-refractivity contribution in [1.29, 1.82) is 0 Å². The molecule has 0 atom stereocenters. The number of nitrogens with one attached hydrogen (secondary N) is 2. The quantitative estimate of drug-likeness (QED) is 0.486. The molecule has 0 aromatic carbocycles. The van der Waals surface area contributed by atoms with Crippen LogP contribution in [0.5, 0.6) is 0 Å². The molecule has 0 unspecified atom stereocenters. The molecule has 0 aliphatic carbocycles. The zero-order valence-corrected chi connectivity index (χ0v) is 4.85. The summed E-state index contributed by atoms with van der Waals surface area (Å²) in [7, 11) is 0. The van der Waals surface area contributed by atoms with Crippen molar-refractivity contribution in [1.82, 2.24) is 10.9 Å². The molecule has 0 bridgehead atoms. The van der Waals surface area contributed by atoms with Gasteiger partial charge in [0.25, 0.3) is 0 Å². The van der Waals surface area contributed by atoms with Crippen LogP contribution in [0.4, 0.5) is 0 Å². The van der Waals surface area contributed by atoms with Crippen molar-refractivity contribution < 1.29 is 0 Å². The van der Waals surface area contributed by atoms with Crippen molar-refractivity contribution in [3.05, 3.63) is 16.7 Å². The van der Waals surface area contributed by atoms with E-state index in [-0.39, 0.29) is 0 Å². The molecule has 7 heavy (non-hydrogen) atoms. The van der Waals surface area contributed by atoms with Crippen molar-refractivity contribution in [3.8, 4) is 0 Å². The lowest BCUT2D eigenvalue weighted by Gasteiger charge is -1.94. The SMILES string of the molecule is Cl[C]1NNC=C1Cl. The number of hydrogen-bond acceptors (Lipinski definition) is 2. The van der Waals surface area contributed by atoms with Gasteiger partial charge < -0.3 is 5.43 Å². The Kier molecular flexibility index (Phi) is 1.42. The van der Waals surface area contributed by atoms with E-state index < -0.39 is 0 Å². The van der Waals surface area contributed by atoms with E-state index in [0.717, 1.165) is 0 Å². The highest BCUT2D eigenvalue weighted by molar-refractivity contribution is 6.41. The minimum atomic E-state index is 0.446. The minimum absolute atomic E-state index is 0.446. The fourth-order valence-electron chi connectivity index (χ4n) is 0.286. The monoisotopic (exact) mass is 137 g/mol. The zero-order valence-electron chi connectivity index (χ0n) is 3.33. The lowest BCUT2D eigenvalue weighted by Crippen LogP contribution is -2.20. The van der Waals surface area contributed by atoms with Crippen LogP contribution >= 0.6 is 23.2 Å². The third-order valence-corrected chi connectivity index (χ3v) is 1.28. The maximum Gasteiger partial charge on any atom is 0.186 e. The van der Waals surface area contributed by atoms with Crippen molar-refractivity contribution >= 4 is 23.2 Å². The Morgan fingerprint density at radius 2 is 2.14 bits per heavy atom. The molecule has 1 rings (SSSR count). The van der Waals surface area contributed by atoms with Gasteiger partial charge in [-0.1, -0.05) is 23.2 Å². The molecule has 0 aromatic rings. The summed E-state index contributed by atoms with van der Waals surface area (Å²) in [5, 5.41) is 0.515. The van der Waals surface area contributed by atoms with Crippen LogP contribution in [0.3, 0.4) is 0 Å². The second kappa shape index (κ2) is 1.90. The number of halogens is 2. The molecule has 1 heterocycles. The van der Waals surface area contributed by atoms with Crippen LogP contribution in [0.25, 0.3) is 0 Å². The average Bonchev–Trinajstić information content (AvgIpc) is 1.91. The zero-order chi connectivity index (χ0) is 5.28. The molecule has 0 saturated heterocycles. The van der Waals surface area contributed by atoms with Gasteiger partial charge in [-0.25, -0.2) is 5.43 Å². The highest BCUT2D eigenvalue weighted by Gasteiger charge is 2.13. The summed E-state index contributed by atoms with van der Waals surface area (Å²) < 4.78 is 0. The maximum atomic E-state index is 5.43. The van der Waals surface area contributed by atoms with Crippen LogP contribution in [-0.2, 0) is 0 Å². The average molecular weight is 138 g/mol. The van der Waals surface area contributed by atoms with Gasteiger partial charge in [-0.3, -0.25) is 0 Å². The van der Waals surface area contributed by atoms with E-state index in [9.17, 15) is 0 Å². The first kappa shape index (κ1) is 5.22. The molecule has 4 heteroatoms. The van der Waals surface area contributed by atoms with Crippen LogP contribution in [0, 0.1) is 5.50 Å². The molecule has 1 aliphatic rings. The number of hydrazine groups is 1.